The molecule has 1 aromatic carbocycles. The third-order valence-electron chi connectivity index (χ3n) is 2.25. The standard InChI is InChI=1S/C12H9ClN2O3/c13-11-10(6-7-14-12(11)15(16)17)18-8-9-4-2-1-3-5-9/h1-7H,8H2. The summed E-state index contributed by atoms with van der Waals surface area (Å²) in [7, 11) is 0. The number of rotatable bonds is 4. The maximum atomic E-state index is 10.7. The van der Waals surface area contributed by atoms with Crippen LogP contribution in [0.3, 0.4) is 0 Å². The molecule has 0 aliphatic heterocycles. The Balaban J connectivity index is 2.15. The van der Waals surface area contributed by atoms with Crippen molar-refractivity contribution in [2.75, 3.05) is 0 Å². The molecule has 0 atom stereocenters. The van der Waals surface area contributed by atoms with Gasteiger partial charge >= 0.3 is 5.82 Å². The first-order valence-electron chi connectivity index (χ1n) is 5.14. The van der Waals surface area contributed by atoms with E-state index in [4.69, 9.17) is 16.3 Å². The van der Waals surface area contributed by atoms with Crippen LogP contribution in [-0.2, 0) is 6.61 Å². The third-order valence-corrected chi connectivity index (χ3v) is 2.60. The maximum absolute atomic E-state index is 10.7. The first kappa shape index (κ1) is 12.3. The third kappa shape index (κ3) is 2.75. The highest BCUT2D eigenvalue weighted by molar-refractivity contribution is 6.33. The Morgan fingerprint density at radius 2 is 2.00 bits per heavy atom. The highest BCUT2D eigenvalue weighted by Crippen LogP contribution is 2.31. The Kier molecular flexibility index (Phi) is 3.74. The molecule has 0 amide bonds. The van der Waals surface area contributed by atoms with Gasteiger partial charge in [-0.25, -0.2) is 0 Å². The van der Waals surface area contributed by atoms with Gasteiger partial charge in [-0.1, -0.05) is 41.9 Å². The first-order valence-corrected chi connectivity index (χ1v) is 5.52. The van der Waals surface area contributed by atoms with Crippen molar-refractivity contribution in [3.8, 4) is 5.75 Å². The Morgan fingerprint density at radius 1 is 1.28 bits per heavy atom. The molecule has 92 valence electrons. The van der Waals surface area contributed by atoms with Gasteiger partial charge in [0.15, 0.2) is 10.8 Å². The van der Waals surface area contributed by atoms with Gasteiger partial charge in [0.2, 0.25) is 0 Å². The Labute approximate surface area is 108 Å². The van der Waals surface area contributed by atoms with Crippen molar-refractivity contribution in [1.29, 1.82) is 0 Å². The monoisotopic (exact) mass is 264 g/mol. The zero-order valence-electron chi connectivity index (χ0n) is 9.25. The van der Waals surface area contributed by atoms with Crippen molar-refractivity contribution in [3.63, 3.8) is 0 Å². The molecular formula is C12H9ClN2O3. The normalized spacial score (nSPS) is 10.1. The van der Waals surface area contributed by atoms with Crippen LogP contribution in [0, 0.1) is 10.1 Å². The molecule has 0 radical (unpaired) electrons. The summed E-state index contributed by atoms with van der Waals surface area (Å²) >= 11 is 5.84. The minimum absolute atomic E-state index is 0.0848. The second-order valence-electron chi connectivity index (χ2n) is 3.48. The van der Waals surface area contributed by atoms with E-state index in [0.29, 0.717) is 6.61 Å². The number of halogens is 1. The lowest BCUT2D eigenvalue weighted by atomic mass is 10.2. The molecule has 2 aromatic rings. The van der Waals surface area contributed by atoms with Crippen LogP contribution in [-0.4, -0.2) is 9.91 Å². The molecule has 0 N–H and O–H groups in total. The van der Waals surface area contributed by atoms with Crippen molar-refractivity contribution in [1.82, 2.24) is 4.98 Å². The van der Waals surface area contributed by atoms with Gasteiger partial charge in [0.05, 0.1) is 0 Å². The molecule has 18 heavy (non-hydrogen) atoms. The molecule has 0 bridgehead atoms. The zero-order chi connectivity index (χ0) is 13.0. The fraction of sp³-hybridized carbons (Fsp3) is 0.0833. The molecule has 2 rings (SSSR count). The smallest absolute Gasteiger partial charge is 0.386 e. The summed E-state index contributed by atoms with van der Waals surface area (Å²) in [4.78, 5) is 13.6. The number of nitrogens with zero attached hydrogens (tertiary/aromatic N) is 2. The minimum Gasteiger partial charge on any atom is -0.487 e. The molecule has 0 aliphatic carbocycles. The van der Waals surface area contributed by atoms with Crippen LogP contribution in [0.4, 0.5) is 5.82 Å². The molecule has 0 saturated carbocycles. The molecule has 1 aromatic heterocycles. The summed E-state index contributed by atoms with van der Waals surface area (Å²) in [6.45, 7) is 0.293. The van der Waals surface area contributed by atoms with Crippen LogP contribution in [0.5, 0.6) is 5.75 Å². The van der Waals surface area contributed by atoms with E-state index in [0.717, 1.165) is 5.56 Å². The Bertz CT molecular complexity index is 561. The lowest BCUT2D eigenvalue weighted by molar-refractivity contribution is -0.389. The van der Waals surface area contributed by atoms with Crippen LogP contribution in [0.1, 0.15) is 5.56 Å². The summed E-state index contributed by atoms with van der Waals surface area (Å²) in [6, 6.07) is 10.9. The summed E-state index contributed by atoms with van der Waals surface area (Å²) in [5.41, 5.74) is 0.952. The molecule has 0 fully saturated rings. The first-order chi connectivity index (χ1) is 8.68. The topological polar surface area (TPSA) is 65.3 Å². The van der Waals surface area contributed by atoms with Crippen LogP contribution in [0.25, 0.3) is 0 Å². The van der Waals surface area contributed by atoms with Gasteiger partial charge in [0.1, 0.15) is 12.8 Å². The highest BCUT2D eigenvalue weighted by Gasteiger charge is 2.18. The highest BCUT2D eigenvalue weighted by atomic mass is 35.5. The van der Waals surface area contributed by atoms with E-state index in [-0.39, 0.29) is 10.8 Å². The number of aromatic nitrogens is 1. The van der Waals surface area contributed by atoms with Crippen molar-refractivity contribution in [3.05, 3.63) is 63.3 Å². The molecule has 0 saturated heterocycles. The lowest BCUT2D eigenvalue weighted by Gasteiger charge is -2.07. The predicted octanol–water partition coefficient (Wildman–Crippen LogP) is 3.22. The fourth-order valence-electron chi connectivity index (χ4n) is 1.39. The van der Waals surface area contributed by atoms with Crippen molar-refractivity contribution in [2.45, 2.75) is 6.61 Å². The van der Waals surface area contributed by atoms with E-state index in [2.05, 4.69) is 4.98 Å². The summed E-state index contributed by atoms with van der Waals surface area (Å²) < 4.78 is 5.44. The van der Waals surface area contributed by atoms with Crippen LogP contribution >= 0.6 is 11.6 Å². The molecule has 1 heterocycles. The van der Waals surface area contributed by atoms with Gasteiger partial charge in [-0.3, -0.25) is 0 Å². The Morgan fingerprint density at radius 3 is 2.67 bits per heavy atom. The maximum Gasteiger partial charge on any atom is 0.386 e. The summed E-state index contributed by atoms with van der Waals surface area (Å²) in [5, 5.41) is 10.6. The average Bonchev–Trinajstić information content (AvgIpc) is 2.38. The van der Waals surface area contributed by atoms with E-state index >= 15 is 0 Å². The van der Waals surface area contributed by atoms with Gasteiger partial charge in [-0.05, 0) is 15.5 Å². The van der Waals surface area contributed by atoms with Gasteiger partial charge in [-0.15, -0.1) is 0 Å². The van der Waals surface area contributed by atoms with Gasteiger partial charge in [0, 0.05) is 6.07 Å². The molecule has 6 heteroatoms. The fourth-order valence-corrected chi connectivity index (χ4v) is 1.63. The van der Waals surface area contributed by atoms with Crippen LogP contribution in [0.15, 0.2) is 42.6 Å². The predicted molar refractivity (Wildman–Crippen MR) is 66.7 cm³/mol. The molecular weight excluding hydrogens is 256 g/mol. The van der Waals surface area contributed by atoms with Crippen molar-refractivity contribution < 1.29 is 9.66 Å². The molecule has 0 unspecified atom stereocenters. The van der Waals surface area contributed by atoms with E-state index < -0.39 is 10.7 Å². The molecule has 5 nitrogen and oxygen atoms in total. The van der Waals surface area contributed by atoms with Crippen LogP contribution < -0.4 is 4.74 Å². The lowest BCUT2D eigenvalue weighted by Crippen LogP contribution is -1.99. The summed E-state index contributed by atoms with van der Waals surface area (Å²) in [5.74, 6) is -0.149. The van der Waals surface area contributed by atoms with Crippen molar-refractivity contribution in [2.24, 2.45) is 0 Å². The van der Waals surface area contributed by atoms with E-state index in [9.17, 15) is 10.1 Å². The summed E-state index contributed by atoms with van der Waals surface area (Å²) in [6.07, 6.45) is 1.30. The van der Waals surface area contributed by atoms with E-state index in [1.165, 1.54) is 12.3 Å². The number of ether oxygens (including phenoxy) is 1. The molecule has 0 spiro atoms. The Hall–Kier alpha value is -2.14. The number of pyridine rings is 1. The quantitative estimate of drug-likeness (QED) is 0.628. The average molecular weight is 265 g/mol. The number of hydrogen-bond donors (Lipinski definition) is 0. The molecule has 0 aliphatic rings. The number of hydrogen-bond acceptors (Lipinski definition) is 4. The van der Waals surface area contributed by atoms with Gasteiger partial charge < -0.3 is 14.9 Å². The van der Waals surface area contributed by atoms with E-state index in [1.54, 1.807) is 0 Å². The SMILES string of the molecule is O=[N+]([O-])c1nccc(OCc2ccccc2)c1Cl. The second kappa shape index (κ2) is 5.46. The van der Waals surface area contributed by atoms with Gasteiger partial charge in [0.25, 0.3) is 0 Å². The van der Waals surface area contributed by atoms with Crippen molar-refractivity contribution >= 4 is 17.4 Å². The largest absolute Gasteiger partial charge is 0.487 e. The number of benzene rings is 1. The minimum atomic E-state index is -0.641. The van der Waals surface area contributed by atoms with E-state index in [1.807, 2.05) is 30.3 Å². The number of nitro groups is 1. The van der Waals surface area contributed by atoms with Gasteiger partial charge in [-0.2, -0.15) is 0 Å². The van der Waals surface area contributed by atoms with Crippen LogP contribution in [0.2, 0.25) is 5.02 Å². The zero-order valence-corrected chi connectivity index (χ0v) is 10.0. The second-order valence-corrected chi connectivity index (χ2v) is 3.86.